The fourth-order valence-electron chi connectivity index (χ4n) is 4.77. The Kier molecular flexibility index (Phi) is 6.38. The minimum absolute atomic E-state index is 0.204. The van der Waals surface area contributed by atoms with Gasteiger partial charge in [0.2, 0.25) is 5.91 Å². The van der Waals surface area contributed by atoms with Crippen molar-refractivity contribution in [2.45, 2.75) is 25.6 Å². The molecular weight excluding hydrogens is 550 g/mol. The number of hydrogen-bond donors (Lipinski definition) is 2. The van der Waals surface area contributed by atoms with Crippen LogP contribution in [-0.2, 0) is 4.79 Å². The molecule has 0 unspecified atom stereocenters. The molecule has 0 aliphatic carbocycles. The van der Waals surface area contributed by atoms with Gasteiger partial charge < -0.3 is 20.1 Å². The van der Waals surface area contributed by atoms with Crippen molar-refractivity contribution in [2.24, 2.45) is 5.92 Å². The third kappa shape index (κ3) is 4.24. The lowest BCUT2D eigenvalue weighted by Crippen LogP contribution is -2.72. The second-order valence-electron chi connectivity index (χ2n) is 8.48. The monoisotopic (exact) mass is 571 g/mol. The van der Waals surface area contributed by atoms with E-state index in [0.717, 1.165) is 15.7 Å². The van der Waals surface area contributed by atoms with Gasteiger partial charge in [-0.15, -0.1) is 0 Å². The maximum atomic E-state index is 13.9. The van der Waals surface area contributed by atoms with E-state index in [4.69, 9.17) is 33.3 Å². The number of carbonyl (C=O) groups is 1. The Morgan fingerprint density at radius 2 is 1.91 bits per heavy atom. The van der Waals surface area contributed by atoms with Crippen LogP contribution < -0.4 is 25.0 Å². The first-order chi connectivity index (χ1) is 16.8. The molecule has 2 aliphatic rings. The minimum atomic E-state index is -1.14. The van der Waals surface area contributed by atoms with Crippen LogP contribution in [0.4, 0.5) is 11.4 Å². The topological polar surface area (TPSA) is 62.8 Å². The minimum Gasteiger partial charge on any atom is -0.490 e. The molecule has 180 valence electrons. The zero-order valence-electron chi connectivity index (χ0n) is 19.0. The van der Waals surface area contributed by atoms with Crippen LogP contribution in [0.1, 0.15) is 25.5 Å². The number of hydrogen-bond acceptors (Lipinski definition) is 4. The van der Waals surface area contributed by atoms with E-state index in [-0.39, 0.29) is 5.91 Å². The average molecular weight is 573 g/mol. The van der Waals surface area contributed by atoms with E-state index in [1.165, 1.54) is 0 Å². The summed E-state index contributed by atoms with van der Waals surface area (Å²) in [6.07, 6.45) is 0. The molecule has 35 heavy (non-hydrogen) atoms. The molecule has 0 aromatic heterocycles. The van der Waals surface area contributed by atoms with Gasteiger partial charge in [0, 0.05) is 26.4 Å². The molecule has 5 rings (SSSR count). The summed E-state index contributed by atoms with van der Waals surface area (Å²) < 4.78 is 13.5. The highest BCUT2D eigenvalue weighted by Gasteiger charge is 2.59. The van der Waals surface area contributed by atoms with Crippen LogP contribution >= 0.6 is 39.7 Å². The molecule has 2 N–H and O–H groups in total. The molecule has 2 heterocycles. The Labute approximate surface area is 222 Å². The molecule has 6 nitrogen and oxygen atoms in total. The quantitative estimate of drug-likeness (QED) is 0.350. The van der Waals surface area contributed by atoms with Crippen molar-refractivity contribution < 1.29 is 14.3 Å². The molecule has 2 bridgehead atoms. The smallest absolute Gasteiger partial charge is 0.236 e. The first-order valence-corrected chi connectivity index (χ1v) is 12.8. The summed E-state index contributed by atoms with van der Waals surface area (Å²) in [5.41, 5.74) is 1.13. The number of nitrogens with zero attached hydrogens (tertiary/aromatic N) is 1. The van der Waals surface area contributed by atoms with Crippen molar-refractivity contribution in [1.82, 2.24) is 5.32 Å². The van der Waals surface area contributed by atoms with Crippen LogP contribution in [0.15, 0.2) is 71.2 Å². The second kappa shape index (κ2) is 9.33. The number of fused-ring (bicyclic) bond motifs is 4. The summed E-state index contributed by atoms with van der Waals surface area (Å²) in [5.74, 6) is 0.375. The fraction of sp³-hybridized carbons (Fsp3) is 0.231. The van der Waals surface area contributed by atoms with Crippen molar-refractivity contribution in [3.63, 3.8) is 0 Å². The third-order valence-electron chi connectivity index (χ3n) is 6.27. The molecule has 2 aliphatic heterocycles. The molecule has 1 amide bonds. The molecule has 1 saturated heterocycles. The largest absolute Gasteiger partial charge is 0.490 e. The molecule has 3 aromatic carbocycles. The van der Waals surface area contributed by atoms with E-state index in [1.807, 2.05) is 61.2 Å². The number of rotatable bonds is 5. The fourth-order valence-corrected chi connectivity index (χ4v) is 5.58. The lowest BCUT2D eigenvalue weighted by atomic mass is 9.78. The first-order valence-electron chi connectivity index (χ1n) is 11.2. The average Bonchev–Trinajstić information content (AvgIpc) is 2.82. The van der Waals surface area contributed by atoms with Crippen molar-refractivity contribution in [3.05, 3.63) is 81.8 Å². The molecule has 3 atom stereocenters. The van der Waals surface area contributed by atoms with Crippen LogP contribution in [0.5, 0.6) is 11.5 Å². The Hall–Kier alpha value is -2.81. The standard InChI is InChI=1S/C26H23BrClN3O3S/c1-3-33-20-6-4-5-19-22-21(24(32)29-17-11-9-16(28)10-12-17)26(2,34-23(19)20)31(25(35)30-22)18-13-7-15(27)8-14-18/h4-14,21-22H,3H2,1-2H3,(H,29,32)(H,30,35)/t21-,22-,26+/m1/s1. The number of nitrogens with one attached hydrogen (secondary N) is 2. The SMILES string of the molecule is CCOc1cccc2c1O[C@@]1(C)[C@@H](C(=O)Nc3ccc(Cl)cc3)[C@@H]2NC(=S)N1c1ccc(Br)cc1. The maximum Gasteiger partial charge on any atom is 0.236 e. The van der Waals surface area contributed by atoms with Gasteiger partial charge in [-0.2, -0.15) is 0 Å². The van der Waals surface area contributed by atoms with E-state index >= 15 is 0 Å². The van der Waals surface area contributed by atoms with Crippen LogP contribution in [0.25, 0.3) is 0 Å². The van der Waals surface area contributed by atoms with Crippen LogP contribution in [0.2, 0.25) is 5.02 Å². The van der Waals surface area contributed by atoms with Crippen molar-refractivity contribution in [3.8, 4) is 11.5 Å². The summed E-state index contributed by atoms with van der Waals surface area (Å²) >= 11 is 15.3. The van der Waals surface area contributed by atoms with Gasteiger partial charge in [-0.3, -0.25) is 9.69 Å². The highest BCUT2D eigenvalue weighted by atomic mass is 79.9. The Bertz CT molecular complexity index is 1290. The lowest BCUT2D eigenvalue weighted by molar-refractivity contribution is -0.130. The summed E-state index contributed by atoms with van der Waals surface area (Å²) in [7, 11) is 0. The molecule has 0 radical (unpaired) electrons. The predicted octanol–water partition coefficient (Wildman–Crippen LogP) is 6.30. The van der Waals surface area contributed by atoms with E-state index in [2.05, 4.69) is 26.6 Å². The van der Waals surface area contributed by atoms with Gasteiger partial charge in [-0.25, -0.2) is 0 Å². The third-order valence-corrected chi connectivity index (χ3v) is 7.35. The molecular formula is C26H23BrClN3O3S. The number of thiocarbonyl (C=S) groups is 1. The van der Waals surface area contributed by atoms with Gasteiger partial charge in [0.1, 0.15) is 5.92 Å². The molecule has 0 spiro atoms. The Morgan fingerprint density at radius 1 is 1.20 bits per heavy atom. The van der Waals surface area contributed by atoms with E-state index < -0.39 is 17.7 Å². The van der Waals surface area contributed by atoms with Crippen LogP contribution in [0, 0.1) is 5.92 Å². The summed E-state index contributed by atoms with van der Waals surface area (Å²) in [6, 6.07) is 20.0. The van der Waals surface area contributed by atoms with Gasteiger partial charge in [-0.05, 0) is 80.7 Å². The number of anilines is 2. The van der Waals surface area contributed by atoms with Crippen LogP contribution in [0.3, 0.4) is 0 Å². The summed E-state index contributed by atoms with van der Waals surface area (Å²) in [6.45, 7) is 4.31. The van der Waals surface area contributed by atoms with Gasteiger partial charge >= 0.3 is 0 Å². The van der Waals surface area contributed by atoms with Gasteiger partial charge in [0.15, 0.2) is 22.3 Å². The first kappa shape index (κ1) is 23.9. The Morgan fingerprint density at radius 3 is 2.60 bits per heavy atom. The zero-order chi connectivity index (χ0) is 24.7. The summed E-state index contributed by atoms with van der Waals surface area (Å²) in [5, 5.41) is 7.52. The number of ether oxygens (including phenoxy) is 2. The Balaban J connectivity index is 1.63. The van der Waals surface area contributed by atoms with Gasteiger partial charge in [0.05, 0.1) is 12.6 Å². The highest BCUT2D eigenvalue weighted by Crippen LogP contribution is 2.52. The molecule has 3 aromatic rings. The summed E-state index contributed by atoms with van der Waals surface area (Å²) in [4.78, 5) is 15.7. The van der Waals surface area contributed by atoms with E-state index in [1.54, 1.807) is 24.3 Å². The zero-order valence-corrected chi connectivity index (χ0v) is 22.2. The number of benzene rings is 3. The van der Waals surface area contributed by atoms with Crippen molar-refractivity contribution in [2.75, 3.05) is 16.8 Å². The highest BCUT2D eigenvalue weighted by molar-refractivity contribution is 9.10. The normalized spacial score (nSPS) is 22.5. The predicted molar refractivity (Wildman–Crippen MR) is 145 cm³/mol. The maximum absolute atomic E-state index is 13.9. The van der Waals surface area contributed by atoms with Gasteiger partial charge in [0.25, 0.3) is 0 Å². The molecule has 1 fully saturated rings. The number of halogens is 2. The van der Waals surface area contributed by atoms with Crippen molar-refractivity contribution >= 4 is 62.1 Å². The number of carbonyl (C=O) groups excluding carboxylic acids is 1. The second-order valence-corrected chi connectivity index (χ2v) is 10.2. The van der Waals surface area contributed by atoms with Crippen molar-refractivity contribution in [1.29, 1.82) is 0 Å². The number of para-hydroxylation sites is 1. The molecule has 0 saturated carbocycles. The van der Waals surface area contributed by atoms with E-state index in [0.29, 0.717) is 33.9 Å². The van der Waals surface area contributed by atoms with Gasteiger partial charge in [-0.1, -0.05) is 39.7 Å². The number of amides is 1. The lowest BCUT2D eigenvalue weighted by Gasteiger charge is -2.56. The molecule has 9 heteroatoms. The van der Waals surface area contributed by atoms with E-state index in [9.17, 15) is 4.79 Å². The van der Waals surface area contributed by atoms with Crippen LogP contribution in [-0.4, -0.2) is 23.4 Å².